The lowest BCUT2D eigenvalue weighted by Crippen LogP contribution is -2.24. The second-order valence-electron chi connectivity index (χ2n) is 6.39. The fourth-order valence-electron chi connectivity index (χ4n) is 2.76. The van der Waals surface area contributed by atoms with Crippen LogP contribution < -0.4 is 10.6 Å². The quantitative estimate of drug-likeness (QED) is 0.711. The Bertz CT molecular complexity index is 950. The number of anilines is 2. The first-order chi connectivity index (χ1) is 12.9. The van der Waals surface area contributed by atoms with Crippen LogP contribution in [0.2, 0.25) is 0 Å². The number of carbonyl (C=O) groups is 1. The Balaban J connectivity index is 1.76. The average molecular weight is 364 g/mol. The zero-order chi connectivity index (χ0) is 19.4. The normalized spacial score (nSPS) is 10.5. The van der Waals surface area contributed by atoms with E-state index in [1.54, 1.807) is 25.1 Å². The van der Waals surface area contributed by atoms with Gasteiger partial charge in [-0.25, -0.2) is 14.4 Å². The summed E-state index contributed by atoms with van der Waals surface area (Å²) in [6.07, 6.45) is 0. The average Bonchev–Trinajstić information content (AvgIpc) is 2.64. The van der Waals surface area contributed by atoms with Crippen molar-refractivity contribution in [1.29, 1.82) is 0 Å². The van der Waals surface area contributed by atoms with Gasteiger partial charge >= 0.3 is 0 Å². The summed E-state index contributed by atoms with van der Waals surface area (Å²) in [7, 11) is 0. The number of hydrogen-bond donors (Lipinski definition) is 2. The zero-order valence-electron chi connectivity index (χ0n) is 15.5. The van der Waals surface area contributed by atoms with E-state index < -0.39 is 0 Å². The molecule has 0 unspecified atom stereocenters. The number of benzene rings is 2. The summed E-state index contributed by atoms with van der Waals surface area (Å²) < 4.78 is 13.0. The van der Waals surface area contributed by atoms with E-state index in [4.69, 9.17) is 0 Å². The third-order valence-electron chi connectivity index (χ3n) is 4.17. The Morgan fingerprint density at radius 1 is 1.00 bits per heavy atom. The van der Waals surface area contributed by atoms with Gasteiger partial charge in [0.2, 0.25) is 0 Å². The third kappa shape index (κ3) is 4.67. The van der Waals surface area contributed by atoms with Crippen molar-refractivity contribution in [1.82, 2.24) is 15.3 Å². The summed E-state index contributed by atoms with van der Waals surface area (Å²) in [6.45, 7) is 6.06. The molecule has 0 radical (unpaired) electrons. The molecule has 3 rings (SSSR count). The number of para-hydroxylation sites is 1. The summed E-state index contributed by atoms with van der Waals surface area (Å²) in [4.78, 5) is 21.1. The molecule has 0 aliphatic carbocycles. The second-order valence-corrected chi connectivity index (χ2v) is 6.39. The molecule has 0 bridgehead atoms. The van der Waals surface area contributed by atoms with Crippen LogP contribution in [0.1, 0.15) is 33.0 Å². The maximum atomic E-state index is 13.0. The van der Waals surface area contributed by atoms with Crippen molar-refractivity contribution in [3.63, 3.8) is 0 Å². The van der Waals surface area contributed by atoms with E-state index in [0.29, 0.717) is 18.2 Å². The first-order valence-corrected chi connectivity index (χ1v) is 8.64. The minimum Gasteiger partial charge on any atom is -0.347 e. The van der Waals surface area contributed by atoms with E-state index in [-0.39, 0.29) is 17.4 Å². The van der Waals surface area contributed by atoms with E-state index in [1.165, 1.54) is 12.1 Å². The van der Waals surface area contributed by atoms with Gasteiger partial charge in [-0.1, -0.05) is 30.3 Å². The highest BCUT2D eigenvalue weighted by Gasteiger charge is 2.12. The van der Waals surface area contributed by atoms with Crippen LogP contribution in [-0.2, 0) is 6.54 Å². The van der Waals surface area contributed by atoms with E-state index in [1.807, 2.05) is 32.0 Å². The van der Waals surface area contributed by atoms with Crippen LogP contribution in [0.4, 0.5) is 15.9 Å². The predicted molar refractivity (Wildman–Crippen MR) is 104 cm³/mol. The van der Waals surface area contributed by atoms with Crippen LogP contribution in [0.15, 0.2) is 48.5 Å². The fourth-order valence-corrected chi connectivity index (χ4v) is 2.76. The predicted octanol–water partition coefficient (Wildman–Crippen LogP) is 4.21. The fraction of sp³-hybridized carbons (Fsp3) is 0.190. The molecule has 5 nitrogen and oxygen atoms in total. The molecule has 0 fully saturated rings. The van der Waals surface area contributed by atoms with Crippen LogP contribution in [0.3, 0.4) is 0 Å². The lowest BCUT2D eigenvalue weighted by atomic mass is 10.1. The molecular weight excluding hydrogens is 343 g/mol. The van der Waals surface area contributed by atoms with Gasteiger partial charge in [-0.15, -0.1) is 0 Å². The van der Waals surface area contributed by atoms with Gasteiger partial charge < -0.3 is 10.6 Å². The van der Waals surface area contributed by atoms with Gasteiger partial charge in [0.25, 0.3) is 5.91 Å². The first-order valence-electron chi connectivity index (χ1n) is 8.64. The number of hydrogen-bond acceptors (Lipinski definition) is 4. The molecule has 0 aliphatic rings. The molecule has 6 heteroatoms. The molecule has 2 aromatic carbocycles. The number of aryl methyl sites for hydroxylation is 3. The van der Waals surface area contributed by atoms with E-state index >= 15 is 0 Å². The maximum Gasteiger partial charge on any atom is 0.270 e. The number of aromatic nitrogens is 2. The van der Waals surface area contributed by atoms with E-state index in [2.05, 4.69) is 20.6 Å². The number of carbonyl (C=O) groups excluding carboxylic acids is 1. The van der Waals surface area contributed by atoms with Gasteiger partial charge in [-0.3, -0.25) is 4.79 Å². The molecule has 0 spiro atoms. The monoisotopic (exact) mass is 364 g/mol. The van der Waals surface area contributed by atoms with Crippen molar-refractivity contribution < 1.29 is 9.18 Å². The number of rotatable bonds is 5. The largest absolute Gasteiger partial charge is 0.347 e. The Labute approximate surface area is 157 Å². The molecule has 0 atom stereocenters. The van der Waals surface area contributed by atoms with Crippen LogP contribution in [-0.4, -0.2) is 15.9 Å². The molecule has 1 aromatic heterocycles. The molecule has 138 valence electrons. The van der Waals surface area contributed by atoms with Gasteiger partial charge in [-0.05, 0) is 49.6 Å². The first kappa shape index (κ1) is 18.5. The second kappa shape index (κ2) is 7.95. The van der Waals surface area contributed by atoms with Crippen LogP contribution in [0, 0.1) is 26.6 Å². The molecule has 2 N–H and O–H groups in total. The maximum absolute atomic E-state index is 13.0. The van der Waals surface area contributed by atoms with E-state index in [0.717, 1.165) is 22.4 Å². The van der Waals surface area contributed by atoms with Crippen molar-refractivity contribution in [2.24, 2.45) is 0 Å². The highest BCUT2D eigenvalue weighted by atomic mass is 19.1. The minimum atomic E-state index is -0.311. The van der Waals surface area contributed by atoms with Gasteiger partial charge in [0.05, 0.1) is 0 Å². The Morgan fingerprint density at radius 3 is 2.33 bits per heavy atom. The number of amides is 1. The smallest absolute Gasteiger partial charge is 0.270 e. The highest BCUT2D eigenvalue weighted by molar-refractivity contribution is 5.93. The molecule has 1 amide bonds. The van der Waals surface area contributed by atoms with Crippen molar-refractivity contribution >= 4 is 17.4 Å². The Kier molecular flexibility index (Phi) is 5.45. The van der Waals surface area contributed by atoms with Gasteiger partial charge in [0.1, 0.15) is 23.2 Å². The summed E-state index contributed by atoms with van der Waals surface area (Å²) >= 11 is 0. The van der Waals surface area contributed by atoms with Gasteiger partial charge in [0.15, 0.2) is 0 Å². The molecule has 0 saturated carbocycles. The lowest BCUT2D eigenvalue weighted by Gasteiger charge is -2.13. The summed E-state index contributed by atoms with van der Waals surface area (Å²) in [6, 6.07) is 13.6. The van der Waals surface area contributed by atoms with Gasteiger partial charge in [-0.2, -0.15) is 0 Å². The Morgan fingerprint density at radius 2 is 1.67 bits per heavy atom. The summed E-state index contributed by atoms with van der Waals surface area (Å²) in [5.74, 6) is 0.443. The number of halogens is 1. The molecule has 3 aromatic rings. The minimum absolute atomic E-state index is 0.276. The topological polar surface area (TPSA) is 66.9 Å². The SMILES string of the molecule is Cc1nc(Nc2c(C)cccc2C)cc(C(=O)NCc2ccc(F)cc2)n1. The molecular formula is C21H21FN4O. The van der Waals surface area contributed by atoms with Crippen LogP contribution >= 0.6 is 0 Å². The van der Waals surface area contributed by atoms with E-state index in [9.17, 15) is 9.18 Å². The zero-order valence-corrected chi connectivity index (χ0v) is 15.5. The molecule has 0 aliphatic heterocycles. The number of nitrogens with one attached hydrogen (secondary N) is 2. The van der Waals surface area contributed by atoms with Crippen molar-refractivity contribution in [3.05, 3.63) is 82.6 Å². The lowest BCUT2D eigenvalue weighted by molar-refractivity contribution is 0.0945. The van der Waals surface area contributed by atoms with Crippen molar-refractivity contribution in [2.75, 3.05) is 5.32 Å². The Hall–Kier alpha value is -3.28. The molecule has 1 heterocycles. The molecule has 0 saturated heterocycles. The van der Waals surface area contributed by atoms with Crippen molar-refractivity contribution in [2.45, 2.75) is 27.3 Å². The summed E-state index contributed by atoms with van der Waals surface area (Å²) in [5, 5.41) is 6.08. The van der Waals surface area contributed by atoms with Crippen molar-refractivity contribution in [3.8, 4) is 0 Å². The van der Waals surface area contributed by atoms with Crippen LogP contribution in [0.25, 0.3) is 0 Å². The molecule has 27 heavy (non-hydrogen) atoms. The highest BCUT2D eigenvalue weighted by Crippen LogP contribution is 2.23. The third-order valence-corrected chi connectivity index (χ3v) is 4.17. The van der Waals surface area contributed by atoms with Crippen LogP contribution in [0.5, 0.6) is 0 Å². The number of nitrogens with zero attached hydrogens (tertiary/aromatic N) is 2. The summed E-state index contributed by atoms with van der Waals surface area (Å²) in [5.41, 5.74) is 4.23. The van der Waals surface area contributed by atoms with Gasteiger partial charge in [0, 0.05) is 18.3 Å². The standard InChI is InChI=1S/C21H21FN4O/c1-13-5-4-6-14(2)20(13)26-19-11-18(24-15(3)25-19)21(27)23-12-16-7-9-17(22)10-8-16/h4-11H,12H2,1-3H3,(H,23,27)(H,24,25,26).